The highest BCUT2D eigenvalue weighted by Crippen LogP contribution is 2.35. The molecule has 7 heteroatoms. The molecule has 0 rings (SSSR count). The van der Waals surface area contributed by atoms with Crippen LogP contribution >= 0.6 is 14.7 Å². The van der Waals surface area contributed by atoms with Gasteiger partial charge in [-0.05, 0) is 0 Å². The Kier molecular flexibility index (Phi) is 19.5. The molecule has 5 nitrogen and oxygen atoms in total. The van der Waals surface area contributed by atoms with Gasteiger partial charge < -0.3 is 14.5 Å². The van der Waals surface area contributed by atoms with E-state index < -0.39 is 14.7 Å². The van der Waals surface area contributed by atoms with E-state index in [-0.39, 0.29) is 7.43 Å². The van der Waals surface area contributed by atoms with Gasteiger partial charge in [-0.15, -0.1) is 0 Å². The van der Waals surface area contributed by atoms with E-state index >= 15 is 0 Å². The molecule has 0 spiro atoms. The second kappa shape index (κ2) is 11.4. The van der Waals surface area contributed by atoms with E-state index in [9.17, 15) is 9.13 Å². The summed E-state index contributed by atoms with van der Waals surface area (Å²) >= 11 is 0. The van der Waals surface area contributed by atoms with E-state index in [0.717, 1.165) is 7.11 Å². The largest absolute Gasteiger partial charge is 0.400 e. The first kappa shape index (κ1) is 23.9. The minimum atomic E-state index is -2.64. The molecule has 0 amide bonds. The fraction of sp³-hybridized carbons (Fsp3) is 1.00. The van der Waals surface area contributed by atoms with Crippen LogP contribution in [0.4, 0.5) is 0 Å². The molecule has 92 valence electrons. The Morgan fingerprint density at radius 2 is 1.07 bits per heavy atom. The van der Waals surface area contributed by atoms with Gasteiger partial charge in [0, 0.05) is 40.9 Å². The molecule has 0 saturated heterocycles. The predicted molar refractivity (Wildman–Crippen MR) is 63.0 cm³/mol. The lowest BCUT2D eigenvalue weighted by Crippen LogP contribution is -1.74. The molecule has 0 aromatic rings. The van der Waals surface area contributed by atoms with E-state index in [1.807, 2.05) is 0 Å². The fourth-order valence-electron chi connectivity index (χ4n) is 0. The summed E-state index contributed by atoms with van der Waals surface area (Å²) in [5.41, 5.74) is 0. The zero-order chi connectivity index (χ0) is 11.7. The molecule has 2 N–H and O–H groups in total. The molecule has 0 aromatic carbocycles. The van der Waals surface area contributed by atoms with E-state index in [1.165, 1.54) is 20.4 Å². The van der Waals surface area contributed by atoms with Crippen molar-refractivity contribution in [2.24, 2.45) is 0 Å². The average Bonchev–Trinajstić information content (AvgIpc) is 1.87. The molecular formula is C7H24O5P2. The molecule has 0 aliphatic heterocycles. The summed E-state index contributed by atoms with van der Waals surface area (Å²) < 4.78 is 24.6. The van der Waals surface area contributed by atoms with E-state index in [2.05, 4.69) is 4.52 Å². The summed E-state index contributed by atoms with van der Waals surface area (Å²) in [6.07, 6.45) is 0. The van der Waals surface area contributed by atoms with Crippen LogP contribution in [-0.4, -0.2) is 50.9 Å². The van der Waals surface area contributed by atoms with Crippen LogP contribution in [0.25, 0.3) is 0 Å². The Hall–Kier alpha value is 0.340. The van der Waals surface area contributed by atoms with Gasteiger partial charge in [0.25, 0.3) is 0 Å². The van der Waals surface area contributed by atoms with Gasteiger partial charge in [-0.3, -0.25) is 9.13 Å². The summed E-state index contributed by atoms with van der Waals surface area (Å²) in [4.78, 5) is 8.08. The first-order chi connectivity index (χ1) is 5.56. The summed E-state index contributed by atoms with van der Waals surface area (Å²) in [5, 5.41) is 7.00. The highest BCUT2D eigenvalue weighted by molar-refractivity contribution is 7.57. The summed E-state index contributed by atoms with van der Waals surface area (Å²) in [5.74, 6) is 0. The molecule has 0 aliphatic rings. The highest BCUT2D eigenvalue weighted by Gasteiger charge is 1.99. The van der Waals surface area contributed by atoms with Crippen LogP contribution in [0.5, 0.6) is 0 Å². The first-order valence-electron chi connectivity index (χ1n) is 3.39. The van der Waals surface area contributed by atoms with Crippen LogP contribution in [0.1, 0.15) is 7.43 Å². The first-order valence-corrected chi connectivity index (χ1v) is 8.47. The third-order valence-electron chi connectivity index (χ3n) is 0.440. The zero-order valence-electron chi connectivity index (χ0n) is 9.01. The Morgan fingerprint density at radius 3 is 1.07 bits per heavy atom. The quantitative estimate of drug-likeness (QED) is 0.695. The molecule has 0 aromatic heterocycles. The standard InChI is InChI=1S/C3H9O2P.C2H7O2P.CH4O.CH4/c1-5-6(2,3)4;1-5(2,3)4;1-2;/h1-3H3;1-2H3,(H,3,4);2H,1H3;1H4. The maximum atomic E-state index is 10.4. The van der Waals surface area contributed by atoms with Gasteiger partial charge in [0.15, 0.2) is 14.7 Å². The molecule has 0 bridgehead atoms. The average molecular weight is 250 g/mol. The Labute approximate surface area is 87.4 Å². The van der Waals surface area contributed by atoms with Gasteiger partial charge in [0.05, 0.1) is 0 Å². The molecule has 0 fully saturated rings. The van der Waals surface area contributed by atoms with Crippen molar-refractivity contribution < 1.29 is 23.7 Å². The van der Waals surface area contributed by atoms with Crippen LogP contribution in [0.3, 0.4) is 0 Å². The Morgan fingerprint density at radius 1 is 1.00 bits per heavy atom. The van der Waals surface area contributed by atoms with Crippen molar-refractivity contribution in [2.75, 3.05) is 40.9 Å². The molecule has 0 heterocycles. The number of rotatable bonds is 1. The Balaban J connectivity index is -0.0000000576. The smallest absolute Gasteiger partial charge is 0.196 e. The third kappa shape index (κ3) is 142. The normalized spacial score (nSPS) is 9.71. The molecule has 0 atom stereocenters. The lowest BCUT2D eigenvalue weighted by atomic mass is 11.8. The van der Waals surface area contributed by atoms with Gasteiger partial charge in [0.1, 0.15) is 0 Å². The van der Waals surface area contributed by atoms with Crippen molar-refractivity contribution in [2.45, 2.75) is 7.43 Å². The van der Waals surface area contributed by atoms with Crippen molar-refractivity contribution in [3.63, 3.8) is 0 Å². The van der Waals surface area contributed by atoms with Crippen molar-refractivity contribution in [1.29, 1.82) is 0 Å². The van der Waals surface area contributed by atoms with Gasteiger partial charge in [0.2, 0.25) is 0 Å². The highest BCUT2D eigenvalue weighted by atomic mass is 31.2. The van der Waals surface area contributed by atoms with Gasteiger partial charge >= 0.3 is 0 Å². The maximum absolute atomic E-state index is 10.4. The zero-order valence-corrected chi connectivity index (χ0v) is 10.8. The predicted octanol–water partition coefficient (Wildman–Crippen LogP) is 1.93. The number of hydrogen-bond donors (Lipinski definition) is 2. The monoisotopic (exact) mass is 250 g/mol. The number of aliphatic hydroxyl groups excluding tert-OH is 1. The molecule has 0 saturated carbocycles. The third-order valence-corrected chi connectivity index (χ3v) is 1.32. The fourth-order valence-corrected chi connectivity index (χ4v) is 0. The van der Waals surface area contributed by atoms with Crippen LogP contribution in [-0.2, 0) is 13.7 Å². The second-order valence-corrected chi connectivity index (χ2v) is 8.19. The molecule has 0 unspecified atom stereocenters. The van der Waals surface area contributed by atoms with Crippen molar-refractivity contribution >= 4 is 14.7 Å². The van der Waals surface area contributed by atoms with Crippen LogP contribution < -0.4 is 0 Å². The molecule has 0 aliphatic carbocycles. The second-order valence-electron chi connectivity index (χ2n) is 2.73. The minimum absolute atomic E-state index is 0. The van der Waals surface area contributed by atoms with Crippen molar-refractivity contribution in [1.82, 2.24) is 0 Å². The van der Waals surface area contributed by atoms with E-state index in [4.69, 9.17) is 10.00 Å². The van der Waals surface area contributed by atoms with Crippen LogP contribution in [0.15, 0.2) is 0 Å². The van der Waals surface area contributed by atoms with Crippen molar-refractivity contribution in [3.05, 3.63) is 0 Å². The number of hydrogen-bond acceptors (Lipinski definition) is 4. The lowest BCUT2D eigenvalue weighted by molar-refractivity contribution is 0.399. The maximum Gasteiger partial charge on any atom is 0.196 e. The summed E-state index contributed by atoms with van der Waals surface area (Å²) in [6, 6.07) is 0. The lowest BCUT2D eigenvalue weighted by Gasteiger charge is -1.98. The van der Waals surface area contributed by atoms with E-state index in [1.54, 1.807) is 13.3 Å². The SMILES string of the molecule is C.CO.COP(C)(C)=O.CP(C)(=O)O. The topological polar surface area (TPSA) is 83.8 Å². The Bertz CT molecular complexity index is 172. The summed E-state index contributed by atoms with van der Waals surface area (Å²) in [7, 11) is -2.34. The van der Waals surface area contributed by atoms with Gasteiger partial charge in [-0.2, -0.15) is 0 Å². The van der Waals surface area contributed by atoms with Gasteiger partial charge in [-0.25, -0.2) is 0 Å². The molecule has 14 heavy (non-hydrogen) atoms. The van der Waals surface area contributed by atoms with Crippen LogP contribution in [0, 0.1) is 0 Å². The minimum Gasteiger partial charge on any atom is -0.400 e. The van der Waals surface area contributed by atoms with Crippen molar-refractivity contribution in [3.8, 4) is 0 Å². The molecular weight excluding hydrogens is 226 g/mol. The number of aliphatic hydroxyl groups is 1. The van der Waals surface area contributed by atoms with E-state index in [0.29, 0.717) is 0 Å². The summed E-state index contributed by atoms with van der Waals surface area (Å²) in [6.45, 7) is 5.75. The van der Waals surface area contributed by atoms with Gasteiger partial charge in [-0.1, -0.05) is 7.43 Å². The molecule has 0 radical (unpaired) electrons. The van der Waals surface area contributed by atoms with Crippen LogP contribution in [0.2, 0.25) is 0 Å².